The van der Waals surface area contributed by atoms with Crippen molar-refractivity contribution in [2.45, 2.75) is 51.6 Å². The minimum absolute atomic E-state index is 0.0354. The molecule has 1 saturated heterocycles. The van der Waals surface area contributed by atoms with Crippen LogP contribution in [-0.4, -0.2) is 50.9 Å². The minimum Gasteiger partial charge on any atom is -0.337 e. The fourth-order valence-electron chi connectivity index (χ4n) is 4.06. The van der Waals surface area contributed by atoms with E-state index in [4.69, 9.17) is 16.1 Å². The van der Waals surface area contributed by atoms with Crippen LogP contribution < -0.4 is 0 Å². The Hall–Kier alpha value is -2.71. The van der Waals surface area contributed by atoms with Crippen LogP contribution >= 0.6 is 22.9 Å². The Morgan fingerprint density at radius 2 is 2.12 bits per heavy atom. The zero-order chi connectivity index (χ0) is 23.4. The molecule has 0 spiro atoms. The maximum Gasteiger partial charge on any atom is 0.249 e. The summed E-state index contributed by atoms with van der Waals surface area (Å²) in [5.41, 5.74) is 0.761. The summed E-state index contributed by atoms with van der Waals surface area (Å²) in [5, 5.41) is 6.65. The summed E-state index contributed by atoms with van der Waals surface area (Å²) in [6.45, 7) is 4.50. The number of piperidine rings is 1. The number of halogens is 1. The van der Waals surface area contributed by atoms with Gasteiger partial charge in [-0.15, -0.1) is 11.3 Å². The van der Waals surface area contributed by atoms with E-state index in [1.807, 2.05) is 43.5 Å². The Morgan fingerprint density at radius 1 is 1.27 bits per heavy atom. The van der Waals surface area contributed by atoms with Crippen LogP contribution in [0.25, 0.3) is 11.4 Å². The molecule has 4 rings (SSSR count). The highest BCUT2D eigenvalue weighted by Crippen LogP contribution is 2.32. The zero-order valence-electron chi connectivity index (χ0n) is 18.7. The van der Waals surface area contributed by atoms with Gasteiger partial charge in [0.2, 0.25) is 23.5 Å². The van der Waals surface area contributed by atoms with Crippen molar-refractivity contribution in [2.75, 3.05) is 13.1 Å². The van der Waals surface area contributed by atoms with Crippen LogP contribution in [0.1, 0.15) is 49.9 Å². The van der Waals surface area contributed by atoms with Crippen molar-refractivity contribution in [3.63, 3.8) is 0 Å². The zero-order valence-corrected chi connectivity index (χ0v) is 20.3. The van der Waals surface area contributed by atoms with Gasteiger partial charge in [-0.2, -0.15) is 4.98 Å². The lowest BCUT2D eigenvalue weighted by Crippen LogP contribution is -2.48. The second-order valence-corrected chi connectivity index (χ2v) is 9.91. The summed E-state index contributed by atoms with van der Waals surface area (Å²) in [6, 6.07) is 10.8. The molecular weight excluding hydrogens is 460 g/mol. The van der Waals surface area contributed by atoms with E-state index >= 15 is 0 Å². The highest BCUT2D eigenvalue weighted by atomic mass is 35.5. The molecule has 7 nitrogen and oxygen atoms in total. The number of carbonyl (C=O) groups excluding carboxylic acids is 2. The van der Waals surface area contributed by atoms with Gasteiger partial charge in [-0.3, -0.25) is 9.59 Å². The second kappa shape index (κ2) is 10.5. The molecule has 1 aromatic carbocycles. The first-order chi connectivity index (χ1) is 15.9. The summed E-state index contributed by atoms with van der Waals surface area (Å²) >= 11 is 7.64. The van der Waals surface area contributed by atoms with Crippen LogP contribution in [0.3, 0.4) is 0 Å². The van der Waals surface area contributed by atoms with Crippen molar-refractivity contribution in [3.8, 4) is 11.4 Å². The molecule has 0 N–H and O–H groups in total. The van der Waals surface area contributed by atoms with Gasteiger partial charge < -0.3 is 14.3 Å². The van der Waals surface area contributed by atoms with Gasteiger partial charge in [-0.1, -0.05) is 35.0 Å². The van der Waals surface area contributed by atoms with Crippen molar-refractivity contribution >= 4 is 34.8 Å². The lowest BCUT2D eigenvalue weighted by Gasteiger charge is -2.36. The van der Waals surface area contributed by atoms with E-state index in [1.165, 1.54) is 0 Å². The first-order valence-corrected chi connectivity index (χ1v) is 12.4. The Labute approximate surface area is 202 Å². The number of carbonyl (C=O) groups is 2. The average molecular weight is 487 g/mol. The molecule has 174 valence electrons. The predicted molar refractivity (Wildman–Crippen MR) is 128 cm³/mol. The lowest BCUT2D eigenvalue weighted by atomic mass is 10.0. The van der Waals surface area contributed by atoms with E-state index in [-0.39, 0.29) is 30.4 Å². The van der Waals surface area contributed by atoms with E-state index in [2.05, 4.69) is 10.1 Å². The van der Waals surface area contributed by atoms with Crippen LogP contribution in [0.15, 0.2) is 46.3 Å². The van der Waals surface area contributed by atoms with E-state index < -0.39 is 0 Å². The normalized spacial score (nSPS) is 16.2. The highest BCUT2D eigenvalue weighted by molar-refractivity contribution is 7.10. The number of hydrogen-bond donors (Lipinski definition) is 0. The molecule has 3 heterocycles. The first kappa shape index (κ1) is 23.4. The molecule has 0 saturated carbocycles. The van der Waals surface area contributed by atoms with Gasteiger partial charge >= 0.3 is 0 Å². The SMILES string of the molecule is CC(C)N(CC(=O)N1CCCCC1c1nc(-c2cccc(Cl)c2)no1)C(=O)Cc1cccs1. The average Bonchev–Trinajstić information content (AvgIpc) is 3.49. The molecule has 2 aromatic heterocycles. The van der Waals surface area contributed by atoms with Crippen LogP contribution in [0.5, 0.6) is 0 Å². The minimum atomic E-state index is -0.298. The van der Waals surface area contributed by atoms with Crippen molar-refractivity contribution in [3.05, 3.63) is 57.6 Å². The summed E-state index contributed by atoms with van der Waals surface area (Å²) in [5.74, 6) is 0.713. The molecule has 1 atom stereocenters. The van der Waals surface area contributed by atoms with Crippen LogP contribution in [0, 0.1) is 0 Å². The maximum atomic E-state index is 13.4. The van der Waals surface area contributed by atoms with Gasteiger partial charge in [0, 0.05) is 28.0 Å². The molecule has 1 fully saturated rings. The van der Waals surface area contributed by atoms with Crippen LogP contribution in [-0.2, 0) is 16.0 Å². The van der Waals surface area contributed by atoms with Gasteiger partial charge in [0.15, 0.2) is 0 Å². The third-order valence-electron chi connectivity index (χ3n) is 5.79. The van der Waals surface area contributed by atoms with E-state index in [1.54, 1.807) is 33.3 Å². The Kier molecular flexibility index (Phi) is 7.45. The van der Waals surface area contributed by atoms with Gasteiger partial charge in [0.25, 0.3) is 0 Å². The number of rotatable bonds is 7. The van der Waals surface area contributed by atoms with E-state index in [0.717, 1.165) is 29.7 Å². The third kappa shape index (κ3) is 5.62. The number of aromatic nitrogens is 2. The fraction of sp³-hybridized carbons (Fsp3) is 0.417. The number of hydrogen-bond acceptors (Lipinski definition) is 6. The molecule has 3 aromatic rings. The second-order valence-electron chi connectivity index (χ2n) is 8.44. The third-order valence-corrected chi connectivity index (χ3v) is 6.90. The van der Waals surface area contributed by atoms with Crippen molar-refractivity contribution in [1.82, 2.24) is 19.9 Å². The molecular formula is C24H27ClN4O3S. The molecule has 1 aliphatic heterocycles. The maximum absolute atomic E-state index is 13.4. The topological polar surface area (TPSA) is 79.5 Å². The smallest absolute Gasteiger partial charge is 0.249 e. The van der Waals surface area contributed by atoms with Crippen LogP contribution in [0.4, 0.5) is 0 Å². The Balaban J connectivity index is 1.49. The van der Waals surface area contributed by atoms with Gasteiger partial charge in [-0.05, 0) is 56.7 Å². The summed E-state index contributed by atoms with van der Waals surface area (Å²) in [7, 11) is 0. The monoisotopic (exact) mass is 486 g/mol. The number of amides is 2. The highest BCUT2D eigenvalue weighted by Gasteiger charge is 2.34. The molecule has 1 unspecified atom stereocenters. The van der Waals surface area contributed by atoms with Crippen molar-refractivity contribution in [1.29, 1.82) is 0 Å². The van der Waals surface area contributed by atoms with Gasteiger partial charge in [0.1, 0.15) is 12.6 Å². The molecule has 1 aliphatic rings. The fourth-order valence-corrected chi connectivity index (χ4v) is 4.95. The summed E-state index contributed by atoms with van der Waals surface area (Å²) < 4.78 is 5.57. The standard InChI is InChI=1S/C24H27ClN4O3S/c1-16(2)29(21(30)14-19-9-6-12-33-19)15-22(31)28-11-4-3-10-20(28)24-26-23(27-32-24)17-7-5-8-18(25)13-17/h5-9,12-13,16,20H,3-4,10-11,14-15H2,1-2H3. The number of benzene rings is 1. The van der Waals surface area contributed by atoms with Crippen LogP contribution in [0.2, 0.25) is 5.02 Å². The number of nitrogens with zero attached hydrogens (tertiary/aromatic N) is 4. The van der Waals surface area contributed by atoms with Crippen molar-refractivity contribution < 1.29 is 14.1 Å². The quantitative estimate of drug-likeness (QED) is 0.470. The van der Waals surface area contributed by atoms with E-state index in [0.29, 0.717) is 29.7 Å². The summed E-state index contributed by atoms with van der Waals surface area (Å²) in [4.78, 5) is 35.3. The molecule has 0 aliphatic carbocycles. The number of thiophene rings is 1. The Morgan fingerprint density at radius 3 is 2.85 bits per heavy atom. The molecule has 0 radical (unpaired) electrons. The van der Waals surface area contributed by atoms with Gasteiger partial charge in [-0.25, -0.2) is 0 Å². The molecule has 2 amide bonds. The van der Waals surface area contributed by atoms with E-state index in [9.17, 15) is 9.59 Å². The summed E-state index contributed by atoms with van der Waals surface area (Å²) in [6.07, 6.45) is 2.92. The molecule has 33 heavy (non-hydrogen) atoms. The van der Waals surface area contributed by atoms with Gasteiger partial charge in [0.05, 0.1) is 6.42 Å². The molecule has 0 bridgehead atoms. The molecule has 9 heteroatoms. The largest absolute Gasteiger partial charge is 0.337 e. The number of likely N-dealkylation sites (tertiary alicyclic amines) is 1. The predicted octanol–water partition coefficient (Wildman–Crippen LogP) is 4.98. The first-order valence-electron chi connectivity index (χ1n) is 11.1. The lowest BCUT2D eigenvalue weighted by molar-refractivity contribution is -0.144. The Bertz CT molecular complexity index is 1100. The van der Waals surface area contributed by atoms with Crippen molar-refractivity contribution in [2.24, 2.45) is 0 Å².